The summed E-state index contributed by atoms with van der Waals surface area (Å²) >= 11 is 0. The summed E-state index contributed by atoms with van der Waals surface area (Å²) in [5, 5.41) is 20.4. The van der Waals surface area contributed by atoms with E-state index in [4.69, 9.17) is 28.9 Å². The van der Waals surface area contributed by atoms with Gasteiger partial charge in [0.25, 0.3) is 11.1 Å². The second-order valence-corrected chi connectivity index (χ2v) is 21.3. The van der Waals surface area contributed by atoms with E-state index >= 15 is 0 Å². The summed E-state index contributed by atoms with van der Waals surface area (Å²) in [5.41, 5.74) is 7.34. The molecule has 0 aliphatic heterocycles. The Bertz CT molecular complexity index is 2710. The van der Waals surface area contributed by atoms with Gasteiger partial charge in [0.05, 0.1) is 71.4 Å². The molecule has 0 aliphatic carbocycles. The molecule has 0 spiro atoms. The molecule has 392 valence electrons. The minimum Gasteiger partial charge on any atom is -0.460 e. The number of nitrogens with zero attached hydrogens (tertiary/aromatic N) is 6. The first-order chi connectivity index (χ1) is 33.6. The van der Waals surface area contributed by atoms with Gasteiger partial charge in [-0.15, -0.1) is 0 Å². The number of aryl methyl sites for hydroxylation is 6. The minimum atomic E-state index is -0.808. The molecule has 6 aromatic rings. The van der Waals surface area contributed by atoms with E-state index in [-0.39, 0.29) is 35.3 Å². The topological polar surface area (TPSA) is 191 Å². The molecule has 2 aromatic carbocycles. The van der Waals surface area contributed by atoms with Crippen LogP contribution in [0.25, 0.3) is 44.8 Å². The summed E-state index contributed by atoms with van der Waals surface area (Å²) in [6, 6.07) is 15.9. The van der Waals surface area contributed by atoms with Crippen LogP contribution in [-0.4, -0.2) is 100 Å². The van der Waals surface area contributed by atoms with Crippen molar-refractivity contribution in [3.8, 4) is 22.8 Å². The standard InChI is InChI=1S/2C28H39N3O5/c2*1-17-13-21(16-30(7)26(17)33)25-29-23-14-20(10-12-24(23)31(25)15-18(2)35-8)9-11-22(19(3)32)27(34)36-28(4,5)6/h2*10,12-14,16,18-19,22,32H,9,11,15H2,1-8H3/t2*18?,19-,22+/m11/s1. The van der Waals surface area contributed by atoms with Crippen molar-refractivity contribution in [3.05, 3.63) is 104 Å². The van der Waals surface area contributed by atoms with Crippen LogP contribution in [-0.2, 0) is 68.6 Å². The third-order valence-electron chi connectivity index (χ3n) is 12.6. The van der Waals surface area contributed by atoms with Gasteiger partial charge in [0.15, 0.2) is 0 Å². The first-order valence-corrected chi connectivity index (χ1v) is 24.8. The first kappa shape index (κ1) is 57.0. The number of fused-ring (bicyclic) bond motifs is 2. The summed E-state index contributed by atoms with van der Waals surface area (Å²) in [6.45, 7) is 23.0. The van der Waals surface area contributed by atoms with Crippen molar-refractivity contribution in [3.63, 3.8) is 0 Å². The second kappa shape index (κ2) is 23.7. The van der Waals surface area contributed by atoms with E-state index in [0.29, 0.717) is 49.9 Å². The highest BCUT2D eigenvalue weighted by Crippen LogP contribution is 2.30. The third-order valence-corrected chi connectivity index (χ3v) is 12.6. The number of carbonyl (C=O) groups excluding carboxylic acids is 2. The van der Waals surface area contributed by atoms with Crippen molar-refractivity contribution >= 4 is 34.0 Å². The molecule has 0 fully saturated rings. The number of carbonyl (C=O) groups is 2. The quantitative estimate of drug-likeness (QED) is 0.0790. The number of aliphatic hydroxyl groups excluding tert-OH is 2. The maximum Gasteiger partial charge on any atom is 0.312 e. The molecule has 0 aliphatic rings. The SMILES string of the molecule is COC(C)Cn1c(-c2cc(C)c(=O)n(C)c2)nc2cc(CC[C@H](C(=O)OC(C)(C)C)[C@@H](C)O)ccc21.COC(C)Cn1c(-c2cc(C)c(=O)n(C)c2)nc2cc(CC[C@H](C(=O)OC(C)(C)C)[C@@H](C)O)ccc21. The van der Waals surface area contributed by atoms with E-state index in [0.717, 1.165) is 56.0 Å². The number of ether oxygens (including phenoxy) is 4. The Morgan fingerprint density at radius 1 is 0.597 bits per heavy atom. The summed E-state index contributed by atoms with van der Waals surface area (Å²) < 4.78 is 29.5. The largest absolute Gasteiger partial charge is 0.460 e. The van der Waals surface area contributed by atoms with E-state index in [2.05, 4.69) is 9.13 Å². The number of aromatic nitrogens is 6. The van der Waals surface area contributed by atoms with Crippen molar-refractivity contribution in [2.75, 3.05) is 14.2 Å². The summed E-state index contributed by atoms with van der Waals surface area (Å²) in [4.78, 5) is 59.6. The maximum absolute atomic E-state index is 12.6. The zero-order chi connectivity index (χ0) is 53.6. The number of imidazole rings is 2. The second-order valence-electron chi connectivity index (χ2n) is 21.3. The van der Waals surface area contributed by atoms with E-state index < -0.39 is 35.2 Å². The van der Waals surface area contributed by atoms with Crippen molar-refractivity contribution in [2.45, 2.75) is 157 Å². The molecule has 0 amide bonds. The van der Waals surface area contributed by atoms with E-state index in [1.165, 1.54) is 0 Å². The zero-order valence-electron chi connectivity index (χ0n) is 45.3. The molecule has 16 nitrogen and oxygen atoms in total. The van der Waals surface area contributed by atoms with Gasteiger partial charge in [-0.1, -0.05) is 12.1 Å². The van der Waals surface area contributed by atoms with E-state index in [1.54, 1.807) is 77.5 Å². The van der Waals surface area contributed by atoms with Crippen LogP contribution in [0.5, 0.6) is 0 Å². The van der Waals surface area contributed by atoms with Gasteiger partial charge in [-0.25, -0.2) is 9.97 Å². The molecule has 72 heavy (non-hydrogen) atoms. The van der Waals surface area contributed by atoms with Gasteiger partial charge in [-0.3, -0.25) is 19.2 Å². The van der Waals surface area contributed by atoms with Crippen LogP contribution in [0.4, 0.5) is 0 Å². The Labute approximate surface area is 423 Å². The average molecular weight is 995 g/mol. The Morgan fingerprint density at radius 3 is 1.24 bits per heavy atom. The van der Waals surface area contributed by atoms with Crippen LogP contribution in [0.2, 0.25) is 0 Å². The Morgan fingerprint density at radius 2 is 0.944 bits per heavy atom. The molecular weight excluding hydrogens is 917 g/mol. The first-order valence-electron chi connectivity index (χ1n) is 24.8. The minimum absolute atomic E-state index is 0.0323. The van der Waals surface area contributed by atoms with Crippen LogP contribution in [0.3, 0.4) is 0 Å². The molecule has 2 N–H and O–H groups in total. The fourth-order valence-electron chi connectivity index (χ4n) is 8.65. The number of benzene rings is 2. The summed E-state index contributed by atoms with van der Waals surface area (Å²) in [7, 11) is 6.85. The van der Waals surface area contributed by atoms with Gasteiger partial charge in [-0.2, -0.15) is 0 Å². The predicted molar refractivity (Wildman–Crippen MR) is 282 cm³/mol. The van der Waals surface area contributed by atoms with E-state index in [9.17, 15) is 29.4 Å². The molecular formula is C56H78N6O10. The molecule has 4 aromatic heterocycles. The van der Waals surface area contributed by atoms with Crippen LogP contribution >= 0.6 is 0 Å². The molecule has 4 heterocycles. The van der Waals surface area contributed by atoms with Gasteiger partial charge < -0.3 is 47.4 Å². The molecule has 0 saturated carbocycles. The molecule has 2 unspecified atom stereocenters. The highest BCUT2D eigenvalue weighted by atomic mass is 16.6. The van der Waals surface area contributed by atoms with Crippen molar-refractivity contribution in [1.82, 2.24) is 28.2 Å². The number of esters is 2. The van der Waals surface area contributed by atoms with Gasteiger partial charge in [0.2, 0.25) is 0 Å². The summed E-state index contributed by atoms with van der Waals surface area (Å²) in [6.07, 6.45) is 4.05. The van der Waals surface area contributed by atoms with Crippen LogP contribution in [0.15, 0.2) is 70.5 Å². The van der Waals surface area contributed by atoms with Crippen molar-refractivity contribution in [1.29, 1.82) is 0 Å². The van der Waals surface area contributed by atoms with Crippen LogP contribution in [0, 0.1) is 25.7 Å². The monoisotopic (exact) mass is 995 g/mol. The van der Waals surface area contributed by atoms with Gasteiger partial charge >= 0.3 is 11.9 Å². The Hall–Kier alpha value is -5.94. The Balaban J connectivity index is 0.000000267. The van der Waals surface area contributed by atoms with Gasteiger partial charge in [0, 0.05) is 63.0 Å². The van der Waals surface area contributed by atoms with E-state index in [1.807, 2.05) is 104 Å². The number of methoxy groups -OCH3 is 2. The highest BCUT2D eigenvalue weighted by molar-refractivity contribution is 5.83. The zero-order valence-corrected chi connectivity index (χ0v) is 45.3. The van der Waals surface area contributed by atoms with Crippen LogP contribution in [0.1, 0.15) is 104 Å². The molecule has 0 saturated heterocycles. The molecule has 6 atom stereocenters. The number of aliphatic hydroxyl groups is 2. The normalized spacial score (nSPS) is 14.6. The number of hydrogen-bond donors (Lipinski definition) is 2. The highest BCUT2D eigenvalue weighted by Gasteiger charge is 2.30. The fourth-order valence-corrected chi connectivity index (χ4v) is 8.65. The lowest BCUT2D eigenvalue weighted by Gasteiger charge is -2.25. The molecule has 0 bridgehead atoms. The lowest BCUT2D eigenvalue weighted by molar-refractivity contribution is -0.165. The molecule has 16 heteroatoms. The predicted octanol–water partition coefficient (Wildman–Crippen LogP) is 8.03. The van der Waals surface area contributed by atoms with Crippen LogP contribution < -0.4 is 11.1 Å². The third kappa shape index (κ3) is 14.6. The number of hydrogen-bond acceptors (Lipinski definition) is 12. The average Bonchev–Trinajstić information content (AvgIpc) is 3.82. The molecule has 0 radical (unpaired) electrons. The number of pyridine rings is 2. The fraction of sp³-hybridized carbons (Fsp3) is 0.536. The lowest BCUT2D eigenvalue weighted by atomic mass is 9.94. The number of rotatable bonds is 18. The summed E-state index contributed by atoms with van der Waals surface area (Å²) in [5.74, 6) is -0.457. The smallest absolute Gasteiger partial charge is 0.312 e. The van der Waals surface area contributed by atoms with Gasteiger partial charge in [0.1, 0.15) is 22.9 Å². The molecule has 6 rings (SSSR count). The van der Waals surface area contributed by atoms with Gasteiger partial charge in [-0.05, 0) is 156 Å². The maximum atomic E-state index is 12.6. The lowest BCUT2D eigenvalue weighted by Crippen LogP contribution is -2.34. The Kier molecular flexibility index (Phi) is 18.8. The van der Waals surface area contributed by atoms with Crippen molar-refractivity contribution in [2.24, 2.45) is 25.9 Å². The van der Waals surface area contributed by atoms with Crippen molar-refractivity contribution < 1.29 is 38.7 Å².